The molecule has 2 aromatic heterocycles. The summed E-state index contributed by atoms with van der Waals surface area (Å²) in [6, 6.07) is 42.4. The third-order valence-corrected chi connectivity index (χ3v) is 17.0. The molecule has 0 saturated carbocycles. The largest absolute Gasteiger partial charge is 0.449 e. The summed E-state index contributed by atoms with van der Waals surface area (Å²) in [6.45, 7) is 6.38. The highest BCUT2D eigenvalue weighted by Gasteiger charge is 2.34. The molecule has 6 aromatic carbocycles. The van der Waals surface area contributed by atoms with E-state index in [9.17, 15) is 33.6 Å². The normalized spacial score (nSPS) is 12.9. The molecular weight excluding hydrogens is 1240 g/mol. The lowest BCUT2D eigenvalue weighted by atomic mass is 9.94. The van der Waals surface area contributed by atoms with E-state index in [1.807, 2.05) is 141 Å². The maximum Gasteiger partial charge on any atom is 0.406 e. The Morgan fingerprint density at radius 2 is 1.05 bits per heavy atom. The average Bonchev–Trinajstić information content (AvgIpc) is 1.63. The van der Waals surface area contributed by atoms with E-state index in [0.717, 1.165) is 84.8 Å². The summed E-state index contributed by atoms with van der Waals surface area (Å²) in [5.41, 5.74) is 14.6. The zero-order chi connectivity index (χ0) is 68.2. The Hall–Kier alpha value is -10.3. The Bertz CT molecular complexity index is 4130. The van der Waals surface area contributed by atoms with Crippen LogP contribution in [0.4, 0.5) is 16.2 Å². The Kier molecular flexibility index (Phi) is 24.3. The van der Waals surface area contributed by atoms with Gasteiger partial charge in [-0.1, -0.05) is 120 Å². The summed E-state index contributed by atoms with van der Waals surface area (Å²) in [6.07, 6.45) is 1.88. The number of ether oxygens (including phenoxy) is 5. The van der Waals surface area contributed by atoms with E-state index in [0.29, 0.717) is 94.7 Å². The highest BCUT2D eigenvalue weighted by atomic mass is 16.5. The van der Waals surface area contributed by atoms with Gasteiger partial charge in [0.1, 0.15) is 18.0 Å². The minimum absolute atomic E-state index is 0.0292. The third-order valence-electron chi connectivity index (χ3n) is 17.0. The number of ketones is 1. The van der Waals surface area contributed by atoms with Gasteiger partial charge in [0, 0.05) is 133 Å². The van der Waals surface area contributed by atoms with Crippen molar-refractivity contribution in [2.45, 2.75) is 77.4 Å². The molecule has 0 fully saturated rings. The summed E-state index contributed by atoms with van der Waals surface area (Å²) >= 11 is 0. The lowest BCUT2D eigenvalue weighted by Gasteiger charge is -2.29. The zero-order valence-corrected chi connectivity index (χ0v) is 55.4. The first-order chi connectivity index (χ1) is 47.3. The second-order valence-electron chi connectivity index (χ2n) is 23.4. The predicted octanol–water partition coefficient (Wildman–Crippen LogP) is 8.84. The standard InChI is InChI=1S/C50H57N7O9.C23H25N5O3/c1-4-24-64-27-22-53-49(61)34-16-18-38-37-17-15-33(29-40(37)42(41(38)30-34)32-66-50(62)51-2)44(58)14-9-25-65-28-23-57-48-39-12-7-8-13-43(39)56(46(60)19-21-52-45(59)20-26-63-3)31-35-10-5-6-11-36(35)47(48)54-55-57;1-27-23-18-9-5-6-10-19(18)28(21(30)11-13-24-20(29)12-14-31-2)15-16-7-3-4-8-17(16)22(23)25-26-27/h5-8,10-13,15-18,29-30,42H,4,9,14,19-28,31-32H2,1-3H3,(H,51,62)(H,52,59)(H,53,61);3-10H,11-15H2,1-2H3,(H,24,29). The number of hydrogen-bond acceptors (Lipinski definition) is 16. The number of alkyl carbamates (subject to hydrolysis) is 1. The fourth-order valence-electron chi connectivity index (χ4n) is 12.2. The lowest BCUT2D eigenvalue weighted by Crippen LogP contribution is -2.35. The van der Waals surface area contributed by atoms with E-state index in [1.165, 1.54) is 14.2 Å². The Balaban J connectivity index is 0.000000273. The molecule has 0 bridgehead atoms. The van der Waals surface area contributed by atoms with Gasteiger partial charge >= 0.3 is 6.09 Å². The second kappa shape index (κ2) is 33.9. The Morgan fingerprint density at radius 3 is 1.64 bits per heavy atom. The van der Waals surface area contributed by atoms with Crippen LogP contribution in [0, 0.1) is 0 Å². The van der Waals surface area contributed by atoms with Gasteiger partial charge in [-0.05, 0) is 76.6 Å². The number of carbonyl (C=O) groups excluding carboxylic acids is 7. The molecule has 8 aromatic rings. The molecular formula is C73H82N12O12. The number of fused-ring (bicyclic) bond motifs is 13. The van der Waals surface area contributed by atoms with Crippen molar-refractivity contribution in [3.05, 3.63) is 167 Å². The fraction of sp³-hybridized carbons (Fsp3) is 0.356. The van der Waals surface area contributed by atoms with Crippen molar-refractivity contribution < 1.29 is 57.2 Å². The summed E-state index contributed by atoms with van der Waals surface area (Å²) < 4.78 is 30.6. The van der Waals surface area contributed by atoms with Crippen LogP contribution in [0.2, 0.25) is 0 Å². The number of rotatable bonds is 28. The number of aryl methyl sites for hydroxylation is 1. The van der Waals surface area contributed by atoms with Crippen molar-refractivity contribution in [1.29, 1.82) is 0 Å². The van der Waals surface area contributed by atoms with Gasteiger partial charge < -0.3 is 54.8 Å². The third kappa shape index (κ3) is 16.9. The minimum atomic E-state index is -0.573. The van der Waals surface area contributed by atoms with Crippen molar-refractivity contribution >= 4 is 52.8 Å². The summed E-state index contributed by atoms with van der Waals surface area (Å²) in [7, 11) is 6.44. The molecule has 24 heteroatoms. The number of nitrogens with zero attached hydrogens (tertiary/aromatic N) is 8. The molecule has 0 radical (unpaired) electrons. The van der Waals surface area contributed by atoms with Crippen molar-refractivity contribution in [3.8, 4) is 56.2 Å². The maximum absolute atomic E-state index is 13.9. The number of para-hydroxylation sites is 2. The van der Waals surface area contributed by atoms with Gasteiger partial charge in [0.15, 0.2) is 5.78 Å². The molecule has 97 heavy (non-hydrogen) atoms. The topological polar surface area (TPSA) is 282 Å². The van der Waals surface area contributed by atoms with E-state index in [1.54, 1.807) is 32.3 Å². The highest BCUT2D eigenvalue weighted by Crippen LogP contribution is 2.47. The maximum atomic E-state index is 13.9. The molecule has 1 atom stereocenters. The van der Waals surface area contributed by atoms with Gasteiger partial charge in [0.25, 0.3) is 5.91 Å². The lowest BCUT2D eigenvalue weighted by molar-refractivity contribution is -0.123. The van der Waals surface area contributed by atoms with E-state index >= 15 is 0 Å². The number of anilines is 2. The summed E-state index contributed by atoms with van der Waals surface area (Å²) in [4.78, 5) is 93.5. The number of hydrogen-bond donors (Lipinski definition) is 4. The first-order valence-electron chi connectivity index (χ1n) is 32.7. The number of nitrogens with one attached hydrogen (secondary N) is 4. The van der Waals surface area contributed by atoms with Crippen molar-refractivity contribution in [3.63, 3.8) is 0 Å². The Labute approximate surface area is 563 Å². The smallest absolute Gasteiger partial charge is 0.406 e. The number of Topliss-reactive ketones (excluding diaryl/α,β-unsaturated/α-hetero) is 1. The van der Waals surface area contributed by atoms with Gasteiger partial charge in [-0.15, -0.1) is 10.2 Å². The summed E-state index contributed by atoms with van der Waals surface area (Å²) in [5.74, 6) is -1.15. The number of amides is 6. The molecule has 0 spiro atoms. The molecule has 11 rings (SSSR count). The van der Waals surface area contributed by atoms with Crippen LogP contribution < -0.4 is 31.1 Å². The molecule has 24 nitrogen and oxygen atoms in total. The second-order valence-corrected chi connectivity index (χ2v) is 23.4. The quantitative estimate of drug-likeness (QED) is 0.0263. The molecule has 506 valence electrons. The van der Waals surface area contributed by atoms with E-state index in [2.05, 4.69) is 41.9 Å². The molecule has 6 amide bonds. The van der Waals surface area contributed by atoms with Crippen molar-refractivity contribution in [2.75, 3.05) is 96.9 Å². The van der Waals surface area contributed by atoms with Crippen molar-refractivity contribution in [2.24, 2.45) is 7.05 Å². The van der Waals surface area contributed by atoms with Gasteiger partial charge in [0.05, 0.1) is 68.8 Å². The van der Waals surface area contributed by atoms with Crippen LogP contribution in [0.25, 0.3) is 56.2 Å². The van der Waals surface area contributed by atoms with Gasteiger partial charge in [-0.2, -0.15) is 0 Å². The predicted molar refractivity (Wildman–Crippen MR) is 365 cm³/mol. The first kappa shape index (κ1) is 69.6. The van der Waals surface area contributed by atoms with E-state index in [-0.39, 0.29) is 93.0 Å². The highest BCUT2D eigenvalue weighted by molar-refractivity contribution is 6.03. The number of aromatic nitrogens is 6. The van der Waals surface area contributed by atoms with E-state index in [4.69, 9.17) is 23.7 Å². The molecule has 1 aliphatic carbocycles. The van der Waals surface area contributed by atoms with Crippen molar-refractivity contribution in [1.82, 2.24) is 51.3 Å². The number of benzene rings is 6. The zero-order valence-electron chi connectivity index (χ0n) is 55.4. The monoisotopic (exact) mass is 1320 g/mol. The van der Waals surface area contributed by atoms with Crippen LogP contribution in [0.1, 0.15) is 101 Å². The molecule has 3 aliphatic rings. The van der Waals surface area contributed by atoms with Gasteiger partial charge in [-0.25, -0.2) is 14.2 Å². The van der Waals surface area contributed by atoms with E-state index < -0.39 is 6.09 Å². The van der Waals surface area contributed by atoms with Crippen LogP contribution >= 0.6 is 0 Å². The van der Waals surface area contributed by atoms with Gasteiger partial charge in [0.2, 0.25) is 23.6 Å². The Morgan fingerprint density at radius 1 is 0.526 bits per heavy atom. The van der Waals surface area contributed by atoms with Gasteiger partial charge in [-0.3, -0.25) is 28.8 Å². The molecule has 1 unspecified atom stereocenters. The molecule has 0 saturated heterocycles. The number of carbonyl (C=O) groups is 7. The SMILES string of the molecule is CCCOCCNC(=O)c1ccc2c(c1)C(COC(=O)NC)c1cc(C(=O)CCCOCCn3nnc4c3-c3ccccc3N(C(=O)CCNC(=O)CCOC)Cc3ccccc3-4)ccc1-2.COCCC(=O)NCCC(=O)N1Cc2ccccc2-c2nnn(C)c2-c2ccccc21. The van der Waals surface area contributed by atoms with Crippen LogP contribution in [-0.4, -0.2) is 159 Å². The molecule has 2 aliphatic heterocycles. The number of methoxy groups -OCH3 is 2. The fourth-order valence-corrected chi connectivity index (χ4v) is 12.2. The van der Waals surface area contributed by atoms with Crippen LogP contribution in [0.3, 0.4) is 0 Å². The van der Waals surface area contributed by atoms with Crippen LogP contribution in [0.15, 0.2) is 133 Å². The first-order valence-corrected chi connectivity index (χ1v) is 32.7. The van der Waals surface area contributed by atoms with Crippen LogP contribution in [0.5, 0.6) is 0 Å². The average molecular weight is 1320 g/mol. The summed E-state index contributed by atoms with van der Waals surface area (Å²) in [5, 5.41) is 28.8. The molecule has 4 heterocycles. The minimum Gasteiger partial charge on any atom is -0.449 e. The molecule has 4 N–H and O–H groups in total. The van der Waals surface area contributed by atoms with Crippen LogP contribution in [-0.2, 0) is 69.5 Å².